The van der Waals surface area contributed by atoms with Gasteiger partial charge in [-0.15, -0.1) is 0 Å². The van der Waals surface area contributed by atoms with Gasteiger partial charge in [0, 0.05) is 18.6 Å². The van der Waals surface area contributed by atoms with E-state index >= 15 is 0 Å². The summed E-state index contributed by atoms with van der Waals surface area (Å²) in [6.07, 6.45) is 3.68. The SMILES string of the molecule is CCCN(CCO)C1CCN(C)C(C)C1. The van der Waals surface area contributed by atoms with Crippen LogP contribution in [-0.4, -0.2) is 60.3 Å². The molecule has 0 aromatic heterocycles. The molecule has 0 radical (unpaired) electrons. The lowest BCUT2D eigenvalue weighted by Gasteiger charge is -2.40. The first-order valence-corrected chi connectivity index (χ1v) is 6.24. The van der Waals surface area contributed by atoms with Crippen LogP contribution < -0.4 is 0 Å². The molecule has 1 rings (SSSR count). The lowest BCUT2D eigenvalue weighted by molar-refractivity contribution is 0.0744. The molecule has 2 atom stereocenters. The van der Waals surface area contributed by atoms with Crippen LogP contribution in [0.3, 0.4) is 0 Å². The Morgan fingerprint density at radius 2 is 2.13 bits per heavy atom. The molecule has 0 saturated carbocycles. The number of piperidine rings is 1. The summed E-state index contributed by atoms with van der Waals surface area (Å²) < 4.78 is 0. The second-order valence-corrected chi connectivity index (χ2v) is 4.77. The highest BCUT2D eigenvalue weighted by molar-refractivity contribution is 4.83. The van der Waals surface area contributed by atoms with Crippen molar-refractivity contribution in [2.45, 2.75) is 45.2 Å². The highest BCUT2D eigenvalue weighted by Crippen LogP contribution is 2.20. The van der Waals surface area contributed by atoms with Gasteiger partial charge in [0.25, 0.3) is 0 Å². The fourth-order valence-electron chi connectivity index (χ4n) is 2.49. The Morgan fingerprint density at radius 1 is 1.40 bits per heavy atom. The number of rotatable bonds is 5. The van der Waals surface area contributed by atoms with Gasteiger partial charge in [-0.25, -0.2) is 0 Å². The summed E-state index contributed by atoms with van der Waals surface area (Å²) in [5.41, 5.74) is 0. The van der Waals surface area contributed by atoms with Crippen molar-refractivity contribution in [3.05, 3.63) is 0 Å². The van der Waals surface area contributed by atoms with E-state index in [0.29, 0.717) is 18.7 Å². The summed E-state index contributed by atoms with van der Waals surface area (Å²) in [4.78, 5) is 4.89. The van der Waals surface area contributed by atoms with Gasteiger partial charge in [0.15, 0.2) is 0 Å². The van der Waals surface area contributed by atoms with Crippen molar-refractivity contribution in [3.8, 4) is 0 Å². The summed E-state index contributed by atoms with van der Waals surface area (Å²) >= 11 is 0. The van der Waals surface area contributed by atoms with Crippen molar-refractivity contribution in [1.29, 1.82) is 0 Å². The van der Waals surface area contributed by atoms with Crippen LogP contribution in [0, 0.1) is 0 Å². The summed E-state index contributed by atoms with van der Waals surface area (Å²) in [5.74, 6) is 0. The molecule has 0 aromatic carbocycles. The van der Waals surface area contributed by atoms with Crippen LogP contribution in [0.2, 0.25) is 0 Å². The van der Waals surface area contributed by atoms with Crippen molar-refractivity contribution in [3.63, 3.8) is 0 Å². The topological polar surface area (TPSA) is 26.7 Å². The first-order valence-electron chi connectivity index (χ1n) is 6.24. The van der Waals surface area contributed by atoms with Gasteiger partial charge in [0.1, 0.15) is 0 Å². The highest BCUT2D eigenvalue weighted by Gasteiger charge is 2.26. The number of likely N-dealkylation sites (tertiary alicyclic amines) is 1. The normalized spacial score (nSPS) is 28.6. The predicted molar refractivity (Wildman–Crippen MR) is 64.1 cm³/mol. The van der Waals surface area contributed by atoms with Crippen molar-refractivity contribution >= 4 is 0 Å². The Hall–Kier alpha value is -0.120. The van der Waals surface area contributed by atoms with Gasteiger partial charge in [-0.1, -0.05) is 6.92 Å². The van der Waals surface area contributed by atoms with E-state index < -0.39 is 0 Å². The standard InChI is InChI=1S/C12H26N2O/c1-4-6-14(8-9-15)12-5-7-13(3)11(2)10-12/h11-12,15H,4-10H2,1-3H3. The quantitative estimate of drug-likeness (QED) is 0.744. The largest absolute Gasteiger partial charge is 0.395 e. The third-order valence-electron chi connectivity index (χ3n) is 3.60. The fraction of sp³-hybridized carbons (Fsp3) is 1.00. The Morgan fingerprint density at radius 3 is 2.67 bits per heavy atom. The Labute approximate surface area is 94.1 Å². The maximum atomic E-state index is 9.06. The number of aliphatic hydroxyl groups is 1. The van der Waals surface area contributed by atoms with E-state index in [0.717, 1.165) is 13.1 Å². The number of hydrogen-bond donors (Lipinski definition) is 1. The van der Waals surface area contributed by atoms with Crippen LogP contribution >= 0.6 is 0 Å². The van der Waals surface area contributed by atoms with Crippen LogP contribution in [0.15, 0.2) is 0 Å². The minimum Gasteiger partial charge on any atom is -0.395 e. The van der Waals surface area contributed by atoms with E-state index in [9.17, 15) is 0 Å². The molecule has 1 fully saturated rings. The average Bonchev–Trinajstić information content (AvgIpc) is 2.22. The van der Waals surface area contributed by atoms with Crippen LogP contribution in [0.25, 0.3) is 0 Å². The average molecular weight is 214 g/mol. The van der Waals surface area contributed by atoms with E-state index in [1.54, 1.807) is 0 Å². The van der Waals surface area contributed by atoms with Gasteiger partial charge in [-0.3, -0.25) is 4.90 Å². The Balaban J connectivity index is 2.45. The van der Waals surface area contributed by atoms with Crippen LogP contribution in [-0.2, 0) is 0 Å². The fourth-order valence-corrected chi connectivity index (χ4v) is 2.49. The third kappa shape index (κ3) is 3.74. The van der Waals surface area contributed by atoms with E-state index in [4.69, 9.17) is 5.11 Å². The molecule has 1 N–H and O–H groups in total. The van der Waals surface area contributed by atoms with E-state index in [-0.39, 0.29) is 0 Å². The first kappa shape index (κ1) is 12.9. The van der Waals surface area contributed by atoms with E-state index in [2.05, 4.69) is 30.7 Å². The summed E-state index contributed by atoms with van der Waals surface area (Å²) in [5, 5.41) is 9.06. The van der Waals surface area contributed by atoms with Crippen molar-refractivity contribution in [2.75, 3.05) is 33.3 Å². The van der Waals surface area contributed by atoms with E-state index in [1.807, 2.05) is 0 Å². The molecule has 3 nitrogen and oxygen atoms in total. The molecule has 0 spiro atoms. The van der Waals surface area contributed by atoms with Crippen molar-refractivity contribution in [2.24, 2.45) is 0 Å². The summed E-state index contributed by atoms with van der Waals surface area (Å²) in [6.45, 7) is 7.97. The van der Waals surface area contributed by atoms with Gasteiger partial charge in [-0.05, 0) is 46.3 Å². The molecule has 0 aliphatic carbocycles. The summed E-state index contributed by atoms with van der Waals surface area (Å²) in [6, 6.07) is 1.37. The Kier molecular flexibility index (Phi) is 5.58. The lowest BCUT2D eigenvalue weighted by atomic mass is 9.97. The molecule has 15 heavy (non-hydrogen) atoms. The third-order valence-corrected chi connectivity index (χ3v) is 3.60. The minimum absolute atomic E-state index is 0.292. The minimum atomic E-state index is 0.292. The molecule has 1 heterocycles. The van der Waals surface area contributed by atoms with Crippen molar-refractivity contribution in [1.82, 2.24) is 9.80 Å². The maximum absolute atomic E-state index is 9.06. The molecule has 1 aliphatic heterocycles. The smallest absolute Gasteiger partial charge is 0.0558 e. The van der Waals surface area contributed by atoms with E-state index in [1.165, 1.54) is 25.8 Å². The van der Waals surface area contributed by atoms with Gasteiger partial charge in [-0.2, -0.15) is 0 Å². The zero-order valence-electron chi connectivity index (χ0n) is 10.4. The van der Waals surface area contributed by atoms with Gasteiger partial charge in [0.05, 0.1) is 6.61 Å². The van der Waals surface area contributed by atoms with Crippen LogP contribution in [0.1, 0.15) is 33.1 Å². The monoisotopic (exact) mass is 214 g/mol. The molecule has 90 valence electrons. The molecule has 2 unspecified atom stereocenters. The number of aliphatic hydroxyl groups excluding tert-OH is 1. The maximum Gasteiger partial charge on any atom is 0.0558 e. The summed E-state index contributed by atoms with van der Waals surface area (Å²) in [7, 11) is 2.21. The molecular weight excluding hydrogens is 188 g/mol. The second kappa shape index (κ2) is 6.46. The number of hydrogen-bond acceptors (Lipinski definition) is 3. The van der Waals surface area contributed by atoms with Crippen molar-refractivity contribution < 1.29 is 5.11 Å². The molecular formula is C12H26N2O. The van der Waals surface area contributed by atoms with Crippen LogP contribution in [0.5, 0.6) is 0 Å². The molecule has 1 aliphatic rings. The second-order valence-electron chi connectivity index (χ2n) is 4.77. The molecule has 1 saturated heterocycles. The molecule has 3 heteroatoms. The lowest BCUT2D eigenvalue weighted by Crippen LogP contribution is -2.48. The molecule has 0 amide bonds. The van der Waals surface area contributed by atoms with Crippen LogP contribution in [0.4, 0.5) is 0 Å². The Bertz CT molecular complexity index is 169. The van der Waals surface area contributed by atoms with Gasteiger partial charge >= 0.3 is 0 Å². The first-order chi connectivity index (χ1) is 7.19. The zero-order valence-corrected chi connectivity index (χ0v) is 10.4. The van der Waals surface area contributed by atoms with Gasteiger partial charge in [0.2, 0.25) is 0 Å². The van der Waals surface area contributed by atoms with Gasteiger partial charge < -0.3 is 10.0 Å². The zero-order chi connectivity index (χ0) is 11.3. The molecule has 0 aromatic rings. The predicted octanol–water partition coefficient (Wildman–Crippen LogP) is 1.17. The molecule has 0 bridgehead atoms. The highest BCUT2D eigenvalue weighted by atomic mass is 16.3. The number of nitrogens with zero attached hydrogens (tertiary/aromatic N) is 2.